The monoisotopic (exact) mass is 451 g/mol. The van der Waals surface area contributed by atoms with Crippen molar-refractivity contribution in [2.24, 2.45) is 5.41 Å². The minimum absolute atomic E-state index is 0.119. The molecule has 6 nitrogen and oxygen atoms in total. The lowest BCUT2D eigenvalue weighted by Crippen LogP contribution is -2.33. The van der Waals surface area contributed by atoms with Gasteiger partial charge in [-0.2, -0.15) is 0 Å². The molecule has 1 atom stereocenters. The fourth-order valence-corrected chi connectivity index (χ4v) is 5.20. The molecule has 0 saturated carbocycles. The Morgan fingerprint density at radius 2 is 1.82 bits per heavy atom. The van der Waals surface area contributed by atoms with Crippen LogP contribution in [0.5, 0.6) is 11.5 Å². The minimum atomic E-state index is -0.333. The van der Waals surface area contributed by atoms with Crippen molar-refractivity contribution in [3.63, 3.8) is 0 Å². The van der Waals surface area contributed by atoms with Crippen LogP contribution in [-0.4, -0.2) is 27.9 Å². The Labute approximate surface area is 197 Å². The Morgan fingerprint density at radius 3 is 2.62 bits per heavy atom. The molecule has 1 aliphatic carbocycles. The van der Waals surface area contributed by atoms with Gasteiger partial charge >= 0.3 is 0 Å². The number of rotatable bonds is 3. The Kier molecular flexibility index (Phi) is 4.59. The van der Waals surface area contributed by atoms with Gasteiger partial charge in [0.2, 0.25) is 0 Å². The van der Waals surface area contributed by atoms with Gasteiger partial charge in [-0.3, -0.25) is 4.79 Å². The zero-order valence-corrected chi connectivity index (χ0v) is 19.4. The molecule has 2 heterocycles. The molecule has 6 rings (SSSR count). The maximum Gasteiger partial charge on any atom is 0.163 e. The van der Waals surface area contributed by atoms with Gasteiger partial charge in [-0.1, -0.05) is 49.4 Å². The third-order valence-electron chi connectivity index (χ3n) is 6.76. The highest BCUT2D eigenvalue weighted by Crippen LogP contribution is 2.51. The van der Waals surface area contributed by atoms with Gasteiger partial charge in [0, 0.05) is 24.0 Å². The first-order valence-corrected chi connectivity index (χ1v) is 11.5. The van der Waals surface area contributed by atoms with Crippen LogP contribution >= 0.6 is 0 Å². The van der Waals surface area contributed by atoms with Crippen molar-refractivity contribution in [2.45, 2.75) is 32.6 Å². The molecule has 170 valence electrons. The summed E-state index contributed by atoms with van der Waals surface area (Å²) in [6, 6.07) is 19.9. The number of fused-ring (bicyclic) bond motifs is 3. The number of nitrogens with zero attached hydrogens (tertiary/aromatic N) is 3. The first-order chi connectivity index (χ1) is 16.4. The van der Waals surface area contributed by atoms with Crippen LogP contribution in [0, 0.1) is 5.41 Å². The topological polar surface area (TPSA) is 66.2 Å². The molecule has 0 bridgehead atoms. The van der Waals surface area contributed by atoms with Crippen molar-refractivity contribution in [1.82, 2.24) is 15.0 Å². The molecule has 1 unspecified atom stereocenters. The molecule has 34 heavy (non-hydrogen) atoms. The normalized spacial score (nSPS) is 18.9. The Hall–Kier alpha value is -3.93. The number of carbonyl (C=O) groups excluding carboxylic acids is 1. The van der Waals surface area contributed by atoms with Crippen LogP contribution in [0.15, 0.2) is 78.2 Å². The first kappa shape index (κ1) is 20.7. The number of allylic oxidation sites excluding steroid dienone is 2. The van der Waals surface area contributed by atoms with Crippen LogP contribution in [0.3, 0.4) is 0 Å². The molecule has 0 spiro atoms. The number of carbonyl (C=O) groups is 1. The lowest BCUT2D eigenvalue weighted by atomic mass is 9.70. The summed E-state index contributed by atoms with van der Waals surface area (Å²) in [5.74, 6) is 2.10. The van der Waals surface area contributed by atoms with E-state index in [1.54, 1.807) is 11.8 Å². The number of methoxy groups -OCH3 is 1. The van der Waals surface area contributed by atoms with E-state index < -0.39 is 0 Å². The van der Waals surface area contributed by atoms with E-state index in [-0.39, 0.29) is 17.1 Å². The van der Waals surface area contributed by atoms with E-state index in [0.29, 0.717) is 18.4 Å². The molecule has 0 amide bonds. The minimum Gasteiger partial charge on any atom is -0.497 e. The van der Waals surface area contributed by atoms with Crippen LogP contribution < -0.4 is 9.47 Å². The molecule has 0 N–H and O–H groups in total. The lowest BCUT2D eigenvalue weighted by Gasteiger charge is -2.38. The van der Waals surface area contributed by atoms with E-state index in [1.165, 1.54) is 0 Å². The van der Waals surface area contributed by atoms with Gasteiger partial charge in [-0.25, -0.2) is 4.68 Å². The summed E-state index contributed by atoms with van der Waals surface area (Å²) >= 11 is 0. The average molecular weight is 452 g/mol. The van der Waals surface area contributed by atoms with E-state index in [1.807, 2.05) is 48.7 Å². The molecular weight excluding hydrogens is 426 g/mol. The number of benzene rings is 3. The second-order valence-electron chi connectivity index (χ2n) is 9.80. The van der Waals surface area contributed by atoms with Gasteiger partial charge in [0.1, 0.15) is 17.3 Å². The van der Waals surface area contributed by atoms with Crippen LogP contribution in [0.25, 0.3) is 16.5 Å². The summed E-state index contributed by atoms with van der Waals surface area (Å²) in [5.41, 5.74) is 3.15. The summed E-state index contributed by atoms with van der Waals surface area (Å²) < 4.78 is 13.4. The van der Waals surface area contributed by atoms with Gasteiger partial charge in [0.05, 0.1) is 30.6 Å². The van der Waals surface area contributed by atoms with Crippen LogP contribution in [0.4, 0.5) is 0 Å². The molecule has 2 aliphatic rings. The fraction of sp³-hybridized carbons (Fsp3) is 0.250. The number of hydrogen-bond acceptors (Lipinski definition) is 5. The Morgan fingerprint density at radius 1 is 1.03 bits per heavy atom. The number of hydrogen-bond donors (Lipinski definition) is 0. The average Bonchev–Trinajstić information content (AvgIpc) is 3.32. The second-order valence-corrected chi connectivity index (χ2v) is 9.80. The largest absolute Gasteiger partial charge is 0.497 e. The quantitative estimate of drug-likeness (QED) is 0.406. The standard InChI is InChI=1S/C28H25N3O3/c1-28(2)14-22(32)27-24(15-28)34-23-13-8-17-6-4-5-7-20(17)25(23)26(27)21-16-31(30-29-21)18-9-11-19(33-3)12-10-18/h4-13,16,26H,14-15H2,1-3H3. The highest BCUT2D eigenvalue weighted by Gasteiger charge is 2.43. The van der Waals surface area contributed by atoms with Gasteiger partial charge in [-0.15, -0.1) is 5.10 Å². The summed E-state index contributed by atoms with van der Waals surface area (Å²) in [6.45, 7) is 4.23. The third-order valence-corrected chi connectivity index (χ3v) is 6.76. The van der Waals surface area contributed by atoms with Crippen LogP contribution in [0.1, 0.15) is 43.9 Å². The van der Waals surface area contributed by atoms with Crippen molar-refractivity contribution in [3.05, 3.63) is 89.5 Å². The van der Waals surface area contributed by atoms with Crippen molar-refractivity contribution >= 4 is 16.6 Å². The molecule has 4 aromatic rings. The maximum atomic E-state index is 13.5. The molecule has 1 aliphatic heterocycles. The number of Topliss-reactive ketones (excluding diaryl/α,β-unsaturated/α-hetero) is 1. The van der Waals surface area contributed by atoms with E-state index in [2.05, 4.69) is 42.4 Å². The van der Waals surface area contributed by atoms with Gasteiger partial charge in [0.25, 0.3) is 0 Å². The summed E-state index contributed by atoms with van der Waals surface area (Å²) in [6.07, 6.45) is 3.11. The molecule has 0 radical (unpaired) electrons. The number of ketones is 1. The van der Waals surface area contributed by atoms with Gasteiger partial charge in [0.15, 0.2) is 5.78 Å². The van der Waals surface area contributed by atoms with E-state index in [0.717, 1.165) is 45.0 Å². The lowest BCUT2D eigenvalue weighted by molar-refractivity contribution is -0.118. The third kappa shape index (κ3) is 3.29. The fourth-order valence-electron chi connectivity index (χ4n) is 5.20. The van der Waals surface area contributed by atoms with Gasteiger partial charge < -0.3 is 9.47 Å². The molecular formula is C28H25N3O3. The molecule has 0 fully saturated rings. The predicted molar refractivity (Wildman–Crippen MR) is 129 cm³/mol. The number of ether oxygens (including phenoxy) is 2. The zero-order valence-electron chi connectivity index (χ0n) is 19.4. The maximum absolute atomic E-state index is 13.5. The van der Waals surface area contributed by atoms with E-state index in [4.69, 9.17) is 9.47 Å². The smallest absolute Gasteiger partial charge is 0.163 e. The summed E-state index contributed by atoms with van der Waals surface area (Å²) in [7, 11) is 1.64. The second kappa shape index (κ2) is 7.55. The molecule has 6 heteroatoms. The Balaban J connectivity index is 1.54. The van der Waals surface area contributed by atoms with E-state index >= 15 is 0 Å². The van der Waals surface area contributed by atoms with Crippen molar-refractivity contribution < 1.29 is 14.3 Å². The molecule has 0 saturated heterocycles. The number of aromatic nitrogens is 3. The molecule has 3 aromatic carbocycles. The summed E-state index contributed by atoms with van der Waals surface area (Å²) in [5, 5.41) is 11.1. The predicted octanol–water partition coefficient (Wildman–Crippen LogP) is 5.60. The van der Waals surface area contributed by atoms with Crippen molar-refractivity contribution in [2.75, 3.05) is 7.11 Å². The highest BCUT2D eigenvalue weighted by molar-refractivity contribution is 6.02. The van der Waals surface area contributed by atoms with Crippen LogP contribution in [-0.2, 0) is 4.79 Å². The Bertz CT molecular complexity index is 1460. The van der Waals surface area contributed by atoms with Crippen LogP contribution in [0.2, 0.25) is 0 Å². The summed E-state index contributed by atoms with van der Waals surface area (Å²) in [4.78, 5) is 13.5. The van der Waals surface area contributed by atoms with Crippen molar-refractivity contribution in [3.8, 4) is 17.2 Å². The highest BCUT2D eigenvalue weighted by atomic mass is 16.5. The van der Waals surface area contributed by atoms with Crippen molar-refractivity contribution in [1.29, 1.82) is 0 Å². The van der Waals surface area contributed by atoms with E-state index in [9.17, 15) is 4.79 Å². The van der Waals surface area contributed by atoms with Gasteiger partial charge in [-0.05, 0) is 46.5 Å². The SMILES string of the molecule is COc1ccc(-n2cc(C3C4=C(CC(C)(C)CC4=O)Oc4ccc5ccccc5c43)nn2)cc1. The first-order valence-electron chi connectivity index (χ1n) is 11.5. The zero-order chi connectivity index (χ0) is 23.4. The molecule has 1 aromatic heterocycles.